The van der Waals surface area contributed by atoms with Gasteiger partial charge >= 0.3 is 5.97 Å². The highest BCUT2D eigenvalue weighted by atomic mass is 16.5. The Balaban J connectivity index is 2.25. The number of phenols is 1. The van der Waals surface area contributed by atoms with Crippen LogP contribution in [-0.2, 0) is 4.74 Å². The maximum absolute atomic E-state index is 11.6. The highest BCUT2D eigenvalue weighted by molar-refractivity contribution is 6.04. The predicted octanol–water partition coefficient (Wildman–Crippen LogP) is 1.86. The van der Waals surface area contributed by atoms with Crippen molar-refractivity contribution in [3.05, 3.63) is 23.9 Å². The van der Waals surface area contributed by atoms with E-state index in [4.69, 9.17) is 4.74 Å². The number of ether oxygens (including phenoxy) is 1. The molecule has 1 heterocycles. The van der Waals surface area contributed by atoms with Crippen LogP contribution < -0.4 is 0 Å². The van der Waals surface area contributed by atoms with Crippen molar-refractivity contribution in [2.45, 2.75) is 18.9 Å². The summed E-state index contributed by atoms with van der Waals surface area (Å²) in [6.45, 7) is 0. The molecule has 17 heavy (non-hydrogen) atoms. The molecule has 88 valence electrons. The van der Waals surface area contributed by atoms with Gasteiger partial charge < -0.3 is 9.84 Å². The van der Waals surface area contributed by atoms with Crippen LogP contribution in [0.25, 0.3) is 10.9 Å². The van der Waals surface area contributed by atoms with Crippen LogP contribution in [0.15, 0.2) is 18.3 Å². The number of aromatic nitrogens is 2. The molecule has 0 unspecified atom stereocenters. The van der Waals surface area contributed by atoms with Gasteiger partial charge in [-0.15, -0.1) is 0 Å². The first-order chi connectivity index (χ1) is 8.20. The van der Waals surface area contributed by atoms with Gasteiger partial charge in [0, 0.05) is 11.5 Å². The smallest absolute Gasteiger partial charge is 0.338 e. The second-order valence-corrected chi connectivity index (χ2v) is 4.24. The monoisotopic (exact) mass is 232 g/mol. The van der Waals surface area contributed by atoms with Crippen LogP contribution in [0.2, 0.25) is 0 Å². The van der Waals surface area contributed by atoms with Gasteiger partial charge in [0.2, 0.25) is 0 Å². The van der Waals surface area contributed by atoms with E-state index in [9.17, 15) is 9.90 Å². The zero-order valence-electron chi connectivity index (χ0n) is 9.38. The predicted molar refractivity (Wildman–Crippen MR) is 61.0 cm³/mol. The second-order valence-electron chi connectivity index (χ2n) is 4.24. The number of carbonyl (C=O) groups excluding carboxylic acids is 1. The Morgan fingerprint density at radius 3 is 2.94 bits per heavy atom. The van der Waals surface area contributed by atoms with Gasteiger partial charge in [-0.25, -0.2) is 4.79 Å². The lowest BCUT2D eigenvalue weighted by atomic mass is 10.1. The fraction of sp³-hybridized carbons (Fsp3) is 0.333. The number of rotatable bonds is 2. The van der Waals surface area contributed by atoms with Crippen LogP contribution in [0.1, 0.15) is 29.2 Å². The number of fused-ring (bicyclic) bond motifs is 1. The molecule has 0 aliphatic heterocycles. The van der Waals surface area contributed by atoms with Crippen LogP contribution in [0.4, 0.5) is 0 Å². The Morgan fingerprint density at radius 1 is 1.53 bits per heavy atom. The van der Waals surface area contributed by atoms with Gasteiger partial charge in [-0.05, 0) is 18.9 Å². The molecule has 1 saturated carbocycles. The number of hydrogen-bond acceptors (Lipinski definition) is 4. The van der Waals surface area contributed by atoms with E-state index in [0.717, 1.165) is 23.7 Å². The largest absolute Gasteiger partial charge is 0.508 e. The summed E-state index contributed by atoms with van der Waals surface area (Å²) in [6.07, 6.45) is 3.85. The third kappa shape index (κ3) is 1.54. The van der Waals surface area contributed by atoms with Gasteiger partial charge in [0.25, 0.3) is 0 Å². The molecule has 0 saturated heterocycles. The summed E-state index contributed by atoms with van der Waals surface area (Å²) in [5.74, 6) is -0.401. The van der Waals surface area contributed by atoms with Gasteiger partial charge in [-0.1, -0.05) is 0 Å². The molecule has 1 N–H and O–H groups in total. The summed E-state index contributed by atoms with van der Waals surface area (Å²) in [6, 6.07) is 3.44. The van der Waals surface area contributed by atoms with E-state index in [1.165, 1.54) is 13.2 Å². The highest BCUT2D eigenvalue weighted by Crippen LogP contribution is 2.38. The van der Waals surface area contributed by atoms with Gasteiger partial charge in [-0.2, -0.15) is 5.10 Å². The number of aromatic hydroxyl groups is 1. The molecule has 1 aliphatic carbocycles. The first kappa shape index (κ1) is 10.1. The Labute approximate surface area is 97.6 Å². The molecule has 2 aromatic rings. The van der Waals surface area contributed by atoms with Crippen molar-refractivity contribution >= 4 is 16.9 Å². The minimum Gasteiger partial charge on any atom is -0.508 e. The molecule has 1 aliphatic rings. The van der Waals surface area contributed by atoms with Crippen molar-refractivity contribution in [1.82, 2.24) is 9.78 Å². The van der Waals surface area contributed by atoms with Crippen LogP contribution in [-0.4, -0.2) is 28.0 Å². The number of benzene rings is 1. The summed E-state index contributed by atoms with van der Waals surface area (Å²) >= 11 is 0. The summed E-state index contributed by atoms with van der Waals surface area (Å²) in [5.41, 5.74) is 1.14. The van der Waals surface area contributed by atoms with E-state index in [-0.39, 0.29) is 5.75 Å². The van der Waals surface area contributed by atoms with Gasteiger partial charge in [0.15, 0.2) is 0 Å². The lowest BCUT2D eigenvalue weighted by Gasteiger charge is -2.04. The van der Waals surface area contributed by atoms with Crippen molar-refractivity contribution in [1.29, 1.82) is 0 Å². The molecule has 5 heteroatoms. The van der Waals surface area contributed by atoms with Gasteiger partial charge in [0.1, 0.15) is 5.75 Å². The SMILES string of the molecule is COC(=O)c1cc(O)cc2c1cnn2C1CC1. The molecule has 5 nitrogen and oxygen atoms in total. The van der Waals surface area contributed by atoms with Gasteiger partial charge in [0.05, 0.1) is 30.4 Å². The number of hydrogen-bond donors (Lipinski definition) is 1. The quantitative estimate of drug-likeness (QED) is 0.803. The van der Waals surface area contributed by atoms with Crippen LogP contribution >= 0.6 is 0 Å². The molecule has 1 aromatic carbocycles. The van der Waals surface area contributed by atoms with E-state index in [0.29, 0.717) is 11.6 Å². The van der Waals surface area contributed by atoms with E-state index in [1.807, 2.05) is 4.68 Å². The Morgan fingerprint density at radius 2 is 2.29 bits per heavy atom. The molecule has 0 bridgehead atoms. The summed E-state index contributed by atoms with van der Waals surface area (Å²) in [4.78, 5) is 11.6. The third-order valence-corrected chi connectivity index (χ3v) is 3.00. The number of nitrogens with zero attached hydrogens (tertiary/aromatic N) is 2. The van der Waals surface area contributed by atoms with E-state index >= 15 is 0 Å². The number of carbonyl (C=O) groups is 1. The van der Waals surface area contributed by atoms with Gasteiger partial charge in [-0.3, -0.25) is 4.68 Å². The minimum atomic E-state index is -0.457. The Bertz CT molecular complexity index is 599. The maximum Gasteiger partial charge on any atom is 0.338 e. The molecule has 0 radical (unpaired) electrons. The first-order valence-electron chi connectivity index (χ1n) is 5.49. The Kier molecular flexibility index (Phi) is 2.07. The Hall–Kier alpha value is -2.04. The molecule has 1 aromatic heterocycles. The molecule has 3 rings (SSSR count). The lowest BCUT2D eigenvalue weighted by Crippen LogP contribution is -2.02. The van der Waals surface area contributed by atoms with Crippen LogP contribution in [0.3, 0.4) is 0 Å². The molecule has 1 fully saturated rings. The average molecular weight is 232 g/mol. The minimum absolute atomic E-state index is 0.0558. The van der Waals surface area contributed by atoms with Crippen molar-refractivity contribution in [2.75, 3.05) is 7.11 Å². The summed E-state index contributed by atoms with van der Waals surface area (Å²) in [5, 5.41) is 14.6. The number of methoxy groups -OCH3 is 1. The molecular formula is C12H12N2O3. The molecule has 0 amide bonds. The number of phenolic OH excluding ortho intramolecular Hbond substituents is 1. The molecular weight excluding hydrogens is 220 g/mol. The van der Waals surface area contributed by atoms with Crippen LogP contribution in [0.5, 0.6) is 5.75 Å². The van der Waals surface area contributed by atoms with E-state index < -0.39 is 5.97 Å². The van der Waals surface area contributed by atoms with Crippen LogP contribution in [0, 0.1) is 0 Å². The van der Waals surface area contributed by atoms with E-state index in [1.54, 1.807) is 12.3 Å². The van der Waals surface area contributed by atoms with Crippen molar-refractivity contribution < 1.29 is 14.6 Å². The normalized spacial score (nSPS) is 15.1. The molecule has 0 spiro atoms. The fourth-order valence-electron chi connectivity index (χ4n) is 2.02. The van der Waals surface area contributed by atoms with Crippen molar-refractivity contribution in [3.8, 4) is 5.75 Å². The summed E-state index contributed by atoms with van der Waals surface area (Å²) in [7, 11) is 1.32. The molecule has 0 atom stereocenters. The fourth-order valence-corrected chi connectivity index (χ4v) is 2.02. The topological polar surface area (TPSA) is 64.3 Å². The summed E-state index contributed by atoms with van der Waals surface area (Å²) < 4.78 is 6.56. The standard InChI is InChI=1S/C12H12N2O3/c1-17-12(16)9-4-8(15)5-11-10(9)6-13-14(11)7-2-3-7/h4-7,15H,2-3H2,1H3. The highest BCUT2D eigenvalue weighted by Gasteiger charge is 2.27. The first-order valence-corrected chi connectivity index (χ1v) is 5.49. The second kappa shape index (κ2) is 3.48. The third-order valence-electron chi connectivity index (χ3n) is 3.00. The number of esters is 1. The van der Waals surface area contributed by atoms with Crippen molar-refractivity contribution in [3.63, 3.8) is 0 Å². The zero-order valence-corrected chi connectivity index (χ0v) is 9.38. The van der Waals surface area contributed by atoms with Crippen molar-refractivity contribution in [2.24, 2.45) is 0 Å². The average Bonchev–Trinajstić information content (AvgIpc) is 3.08. The zero-order chi connectivity index (χ0) is 12.0. The lowest BCUT2D eigenvalue weighted by molar-refractivity contribution is 0.0602. The van der Waals surface area contributed by atoms with E-state index in [2.05, 4.69) is 5.10 Å². The maximum atomic E-state index is 11.6.